The highest BCUT2D eigenvalue weighted by Gasteiger charge is 2.35. The number of nitrogens with zero attached hydrogens (tertiary/aromatic N) is 2. The van der Waals surface area contributed by atoms with Gasteiger partial charge in [-0.1, -0.05) is 0 Å². The number of aromatic amines is 1. The van der Waals surface area contributed by atoms with E-state index in [1.807, 2.05) is 0 Å². The first-order valence-corrected chi connectivity index (χ1v) is 9.59. The molecule has 0 aliphatic rings. The lowest BCUT2D eigenvalue weighted by molar-refractivity contribution is -0.139. The summed E-state index contributed by atoms with van der Waals surface area (Å²) in [7, 11) is 1.01. The molecule has 0 saturated carbocycles. The van der Waals surface area contributed by atoms with Gasteiger partial charge < -0.3 is 15.0 Å². The molecule has 4 rings (SSSR count). The molecule has 34 heavy (non-hydrogen) atoms. The van der Waals surface area contributed by atoms with E-state index >= 15 is 0 Å². The maximum absolute atomic E-state index is 14.7. The van der Waals surface area contributed by atoms with Crippen LogP contribution in [-0.2, 0) is 17.4 Å². The number of carbonyl (C=O) groups is 1. The molecule has 0 saturated heterocycles. The number of alkyl halides is 3. The van der Waals surface area contributed by atoms with E-state index in [9.17, 15) is 31.1 Å². The van der Waals surface area contributed by atoms with Gasteiger partial charge in [0.05, 0.1) is 30.8 Å². The minimum Gasteiger partial charge on any atom is -0.481 e. The molecule has 0 spiro atoms. The Morgan fingerprint density at radius 1 is 1.03 bits per heavy atom. The monoisotopic (exact) mass is 480 g/mol. The Kier molecular flexibility index (Phi) is 5.90. The van der Waals surface area contributed by atoms with Crippen molar-refractivity contribution in [1.29, 1.82) is 0 Å². The molecule has 0 unspecified atom stereocenters. The van der Waals surface area contributed by atoms with Crippen molar-refractivity contribution in [2.24, 2.45) is 0 Å². The van der Waals surface area contributed by atoms with Crippen molar-refractivity contribution in [1.82, 2.24) is 15.0 Å². The van der Waals surface area contributed by atoms with Crippen LogP contribution in [0.2, 0.25) is 0 Å². The van der Waals surface area contributed by atoms with Crippen molar-refractivity contribution in [2.75, 3.05) is 12.4 Å². The minimum absolute atomic E-state index is 0.0899. The number of hydrogen-bond acceptors (Lipinski definition) is 4. The van der Waals surface area contributed by atoms with Crippen LogP contribution in [0.1, 0.15) is 11.1 Å². The highest BCUT2D eigenvalue weighted by molar-refractivity contribution is 5.92. The SMILES string of the molecule is COc1ncc(NC(=O)Cc2cc(F)c(-c3cnc4[nH]cc(F)c4c3)cc2F)cc1C(F)(F)F. The lowest BCUT2D eigenvalue weighted by Crippen LogP contribution is -2.17. The molecule has 1 amide bonds. The molecule has 6 nitrogen and oxygen atoms in total. The van der Waals surface area contributed by atoms with E-state index < -0.39 is 47.4 Å². The van der Waals surface area contributed by atoms with E-state index in [2.05, 4.69) is 25.0 Å². The van der Waals surface area contributed by atoms with Gasteiger partial charge in [-0.15, -0.1) is 0 Å². The summed E-state index contributed by atoms with van der Waals surface area (Å²) in [4.78, 5) is 22.3. The standard InChI is InChI=1S/C22H14F6N4O2/c1-34-21-15(22(26,27)28)5-12(8-31-21)32-19(33)4-10-3-17(24)13(6-16(10)23)11-2-14-18(25)9-30-20(14)29-7-11/h2-3,5-9H,4H2,1H3,(H,29,30)(H,32,33). The highest BCUT2D eigenvalue weighted by atomic mass is 19.4. The van der Waals surface area contributed by atoms with Gasteiger partial charge in [-0.2, -0.15) is 13.2 Å². The van der Waals surface area contributed by atoms with Gasteiger partial charge in [0.1, 0.15) is 28.7 Å². The largest absolute Gasteiger partial charge is 0.481 e. The number of H-pyrrole nitrogens is 1. The number of methoxy groups -OCH3 is 1. The summed E-state index contributed by atoms with van der Waals surface area (Å²) in [6.45, 7) is 0. The van der Waals surface area contributed by atoms with Gasteiger partial charge >= 0.3 is 6.18 Å². The molecule has 0 aliphatic carbocycles. The number of amides is 1. The predicted octanol–water partition coefficient (Wildman–Crippen LogP) is 5.25. The molecule has 2 N–H and O–H groups in total. The molecular weight excluding hydrogens is 466 g/mol. The smallest absolute Gasteiger partial charge is 0.421 e. The molecule has 1 aromatic carbocycles. The Balaban J connectivity index is 1.56. The zero-order valence-electron chi connectivity index (χ0n) is 17.2. The summed E-state index contributed by atoms with van der Waals surface area (Å²) >= 11 is 0. The number of rotatable bonds is 5. The minimum atomic E-state index is -4.79. The first-order chi connectivity index (χ1) is 16.1. The summed E-state index contributed by atoms with van der Waals surface area (Å²) in [6.07, 6.45) is -2.20. The number of pyridine rings is 2. The van der Waals surface area contributed by atoms with Crippen LogP contribution in [-0.4, -0.2) is 28.0 Å². The number of ether oxygens (including phenoxy) is 1. The second kappa shape index (κ2) is 8.69. The van der Waals surface area contributed by atoms with Gasteiger partial charge in [-0.3, -0.25) is 4.79 Å². The lowest BCUT2D eigenvalue weighted by atomic mass is 10.0. The summed E-state index contributed by atoms with van der Waals surface area (Å²) in [6, 6.07) is 3.54. The Morgan fingerprint density at radius 3 is 2.50 bits per heavy atom. The Bertz CT molecular complexity index is 1400. The molecular formula is C22H14F6N4O2. The second-order valence-electron chi connectivity index (χ2n) is 7.18. The van der Waals surface area contributed by atoms with Gasteiger partial charge in [0.2, 0.25) is 11.8 Å². The van der Waals surface area contributed by atoms with Crippen LogP contribution in [0.15, 0.2) is 42.9 Å². The van der Waals surface area contributed by atoms with E-state index in [4.69, 9.17) is 0 Å². The molecule has 0 aliphatic heterocycles. The topological polar surface area (TPSA) is 79.9 Å². The van der Waals surface area contributed by atoms with E-state index in [-0.39, 0.29) is 33.4 Å². The fraction of sp³-hybridized carbons (Fsp3) is 0.136. The number of benzene rings is 1. The van der Waals surface area contributed by atoms with Crippen molar-refractivity contribution in [3.63, 3.8) is 0 Å². The van der Waals surface area contributed by atoms with Crippen LogP contribution >= 0.6 is 0 Å². The van der Waals surface area contributed by atoms with E-state index in [1.165, 1.54) is 12.3 Å². The molecule has 12 heteroatoms. The third-order valence-corrected chi connectivity index (χ3v) is 4.91. The molecule has 3 aromatic heterocycles. The summed E-state index contributed by atoms with van der Waals surface area (Å²) < 4.78 is 87.0. The van der Waals surface area contributed by atoms with Crippen LogP contribution in [0.25, 0.3) is 22.2 Å². The van der Waals surface area contributed by atoms with Crippen LogP contribution in [0, 0.1) is 17.5 Å². The summed E-state index contributed by atoms with van der Waals surface area (Å²) in [5, 5.41) is 2.26. The van der Waals surface area contributed by atoms with Gasteiger partial charge in [-0.25, -0.2) is 23.1 Å². The number of aromatic nitrogens is 3. The second-order valence-corrected chi connectivity index (χ2v) is 7.18. The van der Waals surface area contributed by atoms with Gasteiger partial charge in [0, 0.05) is 29.1 Å². The number of carbonyl (C=O) groups excluding carboxylic acids is 1. The van der Waals surface area contributed by atoms with Crippen molar-refractivity contribution < 1.29 is 35.9 Å². The van der Waals surface area contributed by atoms with Crippen LogP contribution in [0.5, 0.6) is 5.88 Å². The van der Waals surface area contributed by atoms with Gasteiger partial charge in [-0.05, 0) is 24.3 Å². The average molecular weight is 480 g/mol. The summed E-state index contributed by atoms with van der Waals surface area (Å²) in [5.74, 6) is -4.03. The third kappa shape index (κ3) is 4.51. The number of fused-ring (bicyclic) bond motifs is 1. The molecule has 0 bridgehead atoms. The predicted molar refractivity (Wildman–Crippen MR) is 110 cm³/mol. The maximum atomic E-state index is 14.7. The molecule has 3 heterocycles. The fourth-order valence-corrected chi connectivity index (χ4v) is 3.33. The Labute approximate surface area is 187 Å². The molecule has 0 atom stereocenters. The molecule has 176 valence electrons. The number of nitrogens with one attached hydrogen (secondary N) is 2. The fourth-order valence-electron chi connectivity index (χ4n) is 3.33. The van der Waals surface area contributed by atoms with Gasteiger partial charge in [0.25, 0.3) is 0 Å². The van der Waals surface area contributed by atoms with Crippen molar-refractivity contribution >= 4 is 22.6 Å². The first kappa shape index (κ1) is 23.1. The third-order valence-electron chi connectivity index (χ3n) is 4.91. The average Bonchev–Trinajstić information content (AvgIpc) is 3.15. The number of halogens is 6. The summed E-state index contributed by atoms with van der Waals surface area (Å²) in [5.41, 5.74) is -1.70. The van der Waals surface area contributed by atoms with Crippen molar-refractivity contribution in [3.05, 3.63) is 71.4 Å². The van der Waals surface area contributed by atoms with Crippen LogP contribution in [0.3, 0.4) is 0 Å². The van der Waals surface area contributed by atoms with E-state index in [1.54, 1.807) is 0 Å². The molecule has 0 radical (unpaired) electrons. The van der Waals surface area contributed by atoms with Gasteiger partial charge in [0.15, 0.2) is 0 Å². The lowest BCUT2D eigenvalue weighted by Gasteiger charge is -2.13. The molecule has 0 fully saturated rings. The Hall–Kier alpha value is -4.09. The molecule has 4 aromatic rings. The zero-order valence-corrected chi connectivity index (χ0v) is 17.2. The number of hydrogen-bond donors (Lipinski definition) is 2. The number of anilines is 1. The van der Waals surface area contributed by atoms with Crippen LogP contribution < -0.4 is 10.1 Å². The Morgan fingerprint density at radius 2 is 1.79 bits per heavy atom. The highest BCUT2D eigenvalue weighted by Crippen LogP contribution is 2.36. The first-order valence-electron chi connectivity index (χ1n) is 9.59. The normalized spacial score (nSPS) is 11.6. The van der Waals surface area contributed by atoms with E-state index in [0.717, 1.165) is 31.6 Å². The van der Waals surface area contributed by atoms with Crippen LogP contribution in [0.4, 0.5) is 32.0 Å². The van der Waals surface area contributed by atoms with Crippen molar-refractivity contribution in [2.45, 2.75) is 12.6 Å². The zero-order chi connectivity index (χ0) is 24.6. The van der Waals surface area contributed by atoms with E-state index in [0.29, 0.717) is 6.07 Å². The van der Waals surface area contributed by atoms with Crippen molar-refractivity contribution in [3.8, 4) is 17.0 Å². The quantitative estimate of drug-likeness (QED) is 0.383. The maximum Gasteiger partial charge on any atom is 0.421 e.